The molecular weight excluding hydrogens is 356 g/mol. The topological polar surface area (TPSA) is 74.6 Å². The average molecular weight is 360 g/mol. The Kier molecular flexibility index (Phi) is 4.71. The van der Waals surface area contributed by atoms with Gasteiger partial charge in [0, 0.05) is 0 Å². The molecule has 0 aliphatic heterocycles. The molecule has 0 aromatic heterocycles. The van der Waals surface area contributed by atoms with Gasteiger partial charge in [-0.25, -0.2) is 0 Å². The van der Waals surface area contributed by atoms with Crippen LogP contribution in [0.25, 0.3) is 0 Å². The summed E-state index contributed by atoms with van der Waals surface area (Å²) in [6.07, 6.45) is 0. The summed E-state index contributed by atoms with van der Waals surface area (Å²) >= 11 is 2.06. The molecule has 0 aliphatic rings. The third kappa shape index (κ3) is 3.11. The quantitative estimate of drug-likeness (QED) is 0.639. The minimum atomic E-state index is -1.04. The molecule has 0 fully saturated rings. The molecule has 4 nitrogen and oxygen atoms in total. The van der Waals surface area contributed by atoms with Crippen LogP contribution in [0.5, 0.6) is 0 Å². The standard InChI is InChI=1S/C4H4O4.2Sb/c5-3(6)1-2-4(7)8;;/h1-2H,(H,5,6)(H,7,8);;. The Hall–Kier alpha value is 0.576. The van der Waals surface area contributed by atoms with Gasteiger partial charge in [0.05, 0.1) is 0 Å². The van der Waals surface area contributed by atoms with Gasteiger partial charge in [-0.15, -0.1) is 0 Å². The number of carboxylic acid groups (broad SMARTS) is 2. The van der Waals surface area contributed by atoms with E-state index in [9.17, 15) is 9.59 Å². The van der Waals surface area contributed by atoms with E-state index in [2.05, 4.69) is 0 Å². The van der Waals surface area contributed by atoms with E-state index in [1.54, 1.807) is 0 Å². The third-order valence-corrected chi connectivity index (χ3v) is 5.85. The summed E-state index contributed by atoms with van der Waals surface area (Å²) in [6.45, 7) is 0. The molecule has 6 heteroatoms. The van der Waals surface area contributed by atoms with Crippen molar-refractivity contribution in [2.45, 2.75) is 7.73 Å². The SMILES string of the molecule is O=C(O)[CH]([Sb])[CH]([Sb])C(=O)O. The van der Waals surface area contributed by atoms with Crippen LogP contribution in [-0.4, -0.2) is 68.2 Å². The van der Waals surface area contributed by atoms with Crippen LogP contribution in [0.2, 0.25) is 7.73 Å². The Morgan fingerprint density at radius 3 is 1.30 bits per heavy atom. The minimum absolute atomic E-state index is 0.750. The van der Waals surface area contributed by atoms with Crippen LogP contribution < -0.4 is 0 Å². The van der Waals surface area contributed by atoms with E-state index in [1.165, 1.54) is 0 Å². The molecule has 0 aromatic carbocycles. The number of carbonyl (C=O) groups is 2. The second kappa shape index (κ2) is 4.45. The summed E-state index contributed by atoms with van der Waals surface area (Å²) in [4.78, 5) is 20.4. The molecule has 2 atom stereocenters. The fourth-order valence-electron chi connectivity index (χ4n) is 0.270. The van der Waals surface area contributed by atoms with E-state index in [4.69, 9.17) is 10.2 Å². The maximum absolute atomic E-state index is 10.2. The third-order valence-electron chi connectivity index (χ3n) is 0.805. The van der Waals surface area contributed by atoms with Crippen molar-refractivity contribution >= 4 is 58.0 Å². The second-order valence-corrected chi connectivity index (χ2v) is 4.74. The summed E-state index contributed by atoms with van der Waals surface area (Å²) in [5, 5.41) is 16.7. The first-order valence-electron chi connectivity index (χ1n) is 2.28. The van der Waals surface area contributed by atoms with Gasteiger partial charge in [0.1, 0.15) is 0 Å². The Morgan fingerprint density at radius 2 is 1.20 bits per heavy atom. The predicted molar refractivity (Wildman–Crippen MR) is 34.3 cm³/mol. The molecule has 0 aromatic rings. The Bertz CT molecular complexity index is 139. The van der Waals surface area contributed by atoms with Gasteiger partial charge in [0.15, 0.2) is 0 Å². The van der Waals surface area contributed by atoms with E-state index in [0.29, 0.717) is 0 Å². The van der Waals surface area contributed by atoms with Crippen molar-refractivity contribution in [3.63, 3.8) is 0 Å². The zero-order valence-corrected chi connectivity index (χ0v) is 9.87. The van der Waals surface area contributed by atoms with E-state index in [1.807, 2.05) is 0 Å². The Morgan fingerprint density at radius 1 is 1.00 bits per heavy atom. The molecule has 0 aliphatic carbocycles. The van der Waals surface area contributed by atoms with Crippen LogP contribution >= 0.6 is 0 Å². The fraction of sp³-hybridized carbons (Fsp3) is 0.500. The van der Waals surface area contributed by atoms with Gasteiger partial charge in [-0.1, -0.05) is 0 Å². The molecule has 54 valence electrons. The van der Waals surface area contributed by atoms with E-state index in [-0.39, 0.29) is 0 Å². The average Bonchev–Trinajstić information content (AvgIpc) is 1.84. The molecule has 0 rings (SSSR count). The zero-order chi connectivity index (χ0) is 8.31. The normalized spacial score (nSPS) is 15.8. The van der Waals surface area contributed by atoms with E-state index in [0.717, 1.165) is 46.0 Å². The van der Waals surface area contributed by atoms with Crippen molar-refractivity contribution in [2.75, 3.05) is 0 Å². The van der Waals surface area contributed by atoms with Crippen molar-refractivity contribution in [1.82, 2.24) is 0 Å². The predicted octanol–water partition coefficient (Wildman–Crippen LogP) is -0.930. The monoisotopic (exact) mass is 358 g/mol. The van der Waals surface area contributed by atoms with Crippen LogP contribution in [0, 0.1) is 0 Å². The number of aliphatic carboxylic acids is 2. The molecule has 0 bridgehead atoms. The van der Waals surface area contributed by atoms with Crippen molar-refractivity contribution in [3.8, 4) is 0 Å². The number of rotatable bonds is 3. The van der Waals surface area contributed by atoms with Gasteiger partial charge >= 0.3 is 85.5 Å². The van der Waals surface area contributed by atoms with Crippen molar-refractivity contribution in [2.24, 2.45) is 0 Å². The summed E-state index contributed by atoms with van der Waals surface area (Å²) in [7, 11) is 0. The van der Waals surface area contributed by atoms with Gasteiger partial charge < -0.3 is 0 Å². The van der Waals surface area contributed by atoms with Gasteiger partial charge in [0.2, 0.25) is 0 Å². The number of carboxylic acids is 2. The van der Waals surface area contributed by atoms with Gasteiger partial charge in [-0.2, -0.15) is 0 Å². The summed E-state index contributed by atoms with van der Waals surface area (Å²) in [5.74, 6) is -2.08. The summed E-state index contributed by atoms with van der Waals surface area (Å²) < 4.78 is -1.50. The Balaban J connectivity index is 4.07. The molecule has 0 heterocycles. The van der Waals surface area contributed by atoms with Crippen LogP contribution in [0.15, 0.2) is 0 Å². The molecule has 0 saturated heterocycles. The Labute approximate surface area is 85.0 Å². The first kappa shape index (κ1) is 10.6. The van der Waals surface area contributed by atoms with Crippen LogP contribution in [0.4, 0.5) is 0 Å². The van der Waals surface area contributed by atoms with Gasteiger partial charge in [-0.05, 0) is 0 Å². The molecule has 2 unspecified atom stereocenters. The van der Waals surface area contributed by atoms with Crippen molar-refractivity contribution in [3.05, 3.63) is 0 Å². The molecule has 10 heavy (non-hydrogen) atoms. The van der Waals surface area contributed by atoms with Crippen molar-refractivity contribution < 1.29 is 19.8 Å². The fourth-order valence-corrected chi connectivity index (χ4v) is 0.998. The molecule has 0 saturated carbocycles. The molecule has 0 spiro atoms. The van der Waals surface area contributed by atoms with Gasteiger partial charge in [0.25, 0.3) is 0 Å². The first-order valence-corrected chi connectivity index (χ1v) is 5.23. The molecule has 4 radical (unpaired) electrons. The summed E-state index contributed by atoms with van der Waals surface area (Å²) in [6, 6.07) is 0. The van der Waals surface area contributed by atoms with Crippen LogP contribution in [0.3, 0.4) is 0 Å². The second-order valence-electron chi connectivity index (χ2n) is 1.57. The molecule has 2 N–H and O–H groups in total. The van der Waals surface area contributed by atoms with Gasteiger partial charge in [-0.3, -0.25) is 0 Å². The van der Waals surface area contributed by atoms with Crippen LogP contribution in [0.1, 0.15) is 0 Å². The van der Waals surface area contributed by atoms with E-state index >= 15 is 0 Å². The summed E-state index contributed by atoms with van der Waals surface area (Å²) in [5.41, 5.74) is 0. The maximum atomic E-state index is 10.2. The number of hydrogen-bond acceptors (Lipinski definition) is 2. The molecular formula is C4H4O4Sb2. The first-order chi connectivity index (χ1) is 4.46. The van der Waals surface area contributed by atoms with Crippen molar-refractivity contribution in [1.29, 1.82) is 0 Å². The number of hydrogen-bond donors (Lipinski definition) is 2. The zero-order valence-electron chi connectivity index (χ0n) is 4.76. The molecule has 0 amide bonds. The van der Waals surface area contributed by atoms with Crippen LogP contribution in [-0.2, 0) is 9.59 Å². The van der Waals surface area contributed by atoms with E-state index < -0.39 is 19.7 Å².